The number of H-pyrrole nitrogens is 3. The lowest BCUT2D eigenvalue weighted by atomic mass is 9.59. The van der Waals surface area contributed by atoms with Gasteiger partial charge in [-0.05, 0) is 231 Å². The fourth-order valence-electron chi connectivity index (χ4n) is 23.6. The zero-order valence-corrected chi connectivity index (χ0v) is 72.7. The molecule has 5 aromatic rings. The number of urea groups is 5. The first-order chi connectivity index (χ1) is 58.4. The highest BCUT2D eigenvalue weighted by molar-refractivity contribution is 6.15. The summed E-state index contributed by atoms with van der Waals surface area (Å²) in [7, 11) is 8.38. The SMILES string of the molecule is C=CC(C)C1(C)C(=O)N(CC(=O)c2ccccc2)C(=O)N1C.CN1C(=O)N(CC(=O)c2ccc[nH]2)C(=O)C1(C)C1CC2CCC1CC2.CN1C(=O)N(CC(=O)c2ccc[nH]2)C(=O)C1(C)C1CC2CCC1CC2.CN1C(=O)N(CC(=O)c2ccc[nH]2)C(=O)[C@@]1(C)[C@H]1CC2CCC1CC2.CN1C(=O)N(CC(=O)c2cccc(O)c2)C(=O)[C@@]1(C)[C@H]1C[C@@H]2CC[C@H]1C2. The molecule has 0 spiro atoms. The standard InChI is InChI=1S/C20H24N2O4.3C19H25N3O3.C17H20N2O3/c1-20(16-9-12-6-7-13(16)8-12)18(25)22(19(26)21(20)2)11-17(24)14-4-3-5-15(23)10-14;3*1-19(14-10-12-5-7-13(14)8-6-12)17(24)22(18(25)21(19)2)11-16(23)15-4-3-9-20-15;1-5-12(2)17(3)15(21)19(16(22)18(17)4)11-14(20)13-9-7-6-8-10-13/h3-5,10,12-13,16,23H,6-9,11H2,1-2H3;3*3-4,9,12-14,20H,5-8,10-11H2,1-2H3;5-10,12H,1,11H2,2-4H3/t12-,13+,16+,20-;12?,13?,14-,19+;;;/m10.../s1. The quantitative estimate of drug-likeness (QED) is 0.0301. The second-order valence-electron chi connectivity index (χ2n) is 37.9. The number of aromatic hydroxyl groups is 1. The summed E-state index contributed by atoms with van der Waals surface area (Å²) in [6, 6.07) is 22.9. The van der Waals surface area contributed by atoms with Crippen LogP contribution in [0.4, 0.5) is 24.0 Å². The van der Waals surface area contributed by atoms with Crippen molar-refractivity contribution < 1.29 is 77.0 Å². The Morgan fingerprint density at radius 3 is 0.951 bits per heavy atom. The lowest BCUT2D eigenvalue weighted by molar-refractivity contribution is -0.138. The molecule has 12 atom stereocenters. The van der Waals surface area contributed by atoms with Gasteiger partial charge in [-0.15, -0.1) is 6.58 Å². The molecule has 4 N–H and O–H groups in total. The second-order valence-corrected chi connectivity index (χ2v) is 37.9. The number of carbonyl (C=O) groups excluding carboxylic acids is 15. The number of carbonyl (C=O) groups is 15. The molecular formula is C94H119N13O16. The molecule has 8 bridgehead atoms. The van der Waals surface area contributed by atoms with Crippen LogP contribution in [0.25, 0.3) is 0 Å². The number of imide groups is 5. The number of aromatic amines is 3. The number of nitrogens with zero attached hydrogens (tertiary/aromatic N) is 10. The third-order valence-corrected chi connectivity index (χ3v) is 31.9. The number of fused-ring (bicyclic) bond motifs is 11. The van der Waals surface area contributed by atoms with Crippen molar-refractivity contribution in [3.8, 4) is 5.75 Å². The minimum Gasteiger partial charge on any atom is -0.508 e. The third-order valence-electron chi connectivity index (χ3n) is 31.9. The Morgan fingerprint density at radius 1 is 0.366 bits per heavy atom. The summed E-state index contributed by atoms with van der Waals surface area (Å²) in [6.45, 7) is 13.7. The Kier molecular flexibility index (Phi) is 24.8. The van der Waals surface area contributed by atoms with Gasteiger partial charge in [0.1, 0.15) is 33.4 Å². The molecule has 11 saturated carbocycles. The molecule has 123 heavy (non-hydrogen) atoms. The van der Waals surface area contributed by atoms with E-state index in [1.807, 2.05) is 34.6 Å². The maximum atomic E-state index is 13.2. The molecule has 21 rings (SSSR count). The van der Waals surface area contributed by atoms with Gasteiger partial charge in [-0.25, -0.2) is 24.0 Å². The van der Waals surface area contributed by atoms with E-state index >= 15 is 0 Å². The number of likely N-dealkylation sites (N-methyl/N-ethyl adjacent to an activating group) is 5. The molecule has 2 aromatic carbocycles. The van der Waals surface area contributed by atoms with Crippen molar-refractivity contribution in [1.82, 2.24) is 64.0 Å². The van der Waals surface area contributed by atoms with Gasteiger partial charge in [0.2, 0.25) is 0 Å². The highest BCUT2D eigenvalue weighted by Crippen LogP contribution is 2.58. The van der Waals surface area contributed by atoms with E-state index in [1.54, 1.807) is 160 Å². The molecule has 5 aliphatic heterocycles. The van der Waals surface area contributed by atoms with Crippen molar-refractivity contribution in [3.63, 3.8) is 0 Å². The summed E-state index contributed by atoms with van der Waals surface area (Å²) >= 11 is 0. The van der Waals surface area contributed by atoms with Crippen LogP contribution in [0.5, 0.6) is 5.75 Å². The predicted molar refractivity (Wildman–Crippen MR) is 454 cm³/mol. The average Bonchev–Trinajstić information content (AvgIpc) is 1.62. The van der Waals surface area contributed by atoms with Gasteiger partial charge in [-0.1, -0.05) is 100 Å². The summed E-state index contributed by atoms with van der Waals surface area (Å²) < 4.78 is 0. The lowest BCUT2D eigenvalue weighted by Crippen LogP contribution is -2.56. The molecule has 15 amide bonds. The van der Waals surface area contributed by atoms with Crippen LogP contribution in [0.1, 0.15) is 216 Å². The van der Waals surface area contributed by atoms with E-state index in [2.05, 4.69) is 21.5 Å². The molecule has 3 aromatic heterocycles. The van der Waals surface area contributed by atoms with E-state index in [0.29, 0.717) is 75.6 Å². The number of nitrogens with one attached hydrogen (secondary N) is 3. The minimum absolute atomic E-state index is 0.0149. The highest BCUT2D eigenvalue weighted by Gasteiger charge is 2.66. The summed E-state index contributed by atoms with van der Waals surface area (Å²) in [5.74, 6) is 2.66. The van der Waals surface area contributed by atoms with Crippen LogP contribution in [0.3, 0.4) is 0 Å². The zero-order chi connectivity index (χ0) is 88.4. The molecule has 5 saturated heterocycles. The topological polar surface area (TPSA) is 356 Å². The van der Waals surface area contributed by atoms with Crippen LogP contribution in [-0.2, 0) is 24.0 Å². The molecule has 0 radical (unpaired) electrons. The van der Waals surface area contributed by atoms with Crippen LogP contribution in [-0.4, -0.2) is 253 Å². The molecule has 16 fully saturated rings. The largest absolute Gasteiger partial charge is 0.508 e. The van der Waals surface area contributed by atoms with Gasteiger partial charge in [-0.3, -0.25) is 72.4 Å². The van der Waals surface area contributed by atoms with E-state index in [-0.39, 0.29) is 145 Å². The Hall–Kier alpha value is -11.1. The number of hydrogen-bond donors (Lipinski definition) is 4. The second kappa shape index (κ2) is 34.5. The number of benzene rings is 2. The molecule has 656 valence electrons. The predicted octanol–water partition coefficient (Wildman–Crippen LogP) is 13.0. The number of ketones is 5. The maximum absolute atomic E-state index is 13.2. The number of amides is 15. The van der Waals surface area contributed by atoms with E-state index in [1.165, 1.54) is 66.9 Å². The minimum atomic E-state index is -1.00. The van der Waals surface area contributed by atoms with E-state index < -0.39 is 39.8 Å². The van der Waals surface area contributed by atoms with Gasteiger partial charge < -0.3 is 44.6 Å². The lowest BCUT2D eigenvalue weighted by Gasteiger charge is -2.49. The monoisotopic (exact) mass is 1690 g/mol. The molecule has 29 heteroatoms. The number of Topliss-reactive ketones (excluding diaryl/α,β-unsaturated/α-hetero) is 5. The number of hydrogen-bond acceptors (Lipinski definition) is 16. The Labute approximate surface area is 718 Å². The Morgan fingerprint density at radius 2 is 0.659 bits per heavy atom. The van der Waals surface area contributed by atoms with Crippen molar-refractivity contribution >= 4 is 88.6 Å². The number of phenolic OH excluding ortho intramolecular Hbond substituents is 1. The molecule has 11 aliphatic carbocycles. The first kappa shape index (κ1) is 88.2. The van der Waals surface area contributed by atoms with Crippen LogP contribution < -0.4 is 0 Å². The smallest absolute Gasteiger partial charge is 0.327 e. The summed E-state index contributed by atoms with van der Waals surface area (Å²) in [6.07, 6.45) is 28.6. The van der Waals surface area contributed by atoms with Crippen LogP contribution in [0.15, 0.2) is 122 Å². The van der Waals surface area contributed by atoms with Gasteiger partial charge in [0.05, 0.1) is 49.8 Å². The van der Waals surface area contributed by atoms with Crippen LogP contribution in [0, 0.1) is 76.9 Å². The van der Waals surface area contributed by atoms with E-state index in [9.17, 15) is 77.0 Å². The fourth-order valence-corrected chi connectivity index (χ4v) is 23.6. The normalized spacial score (nSPS) is 32.4. The van der Waals surface area contributed by atoms with Crippen molar-refractivity contribution in [2.45, 2.75) is 191 Å². The van der Waals surface area contributed by atoms with Crippen molar-refractivity contribution in [2.75, 3.05) is 68.0 Å². The first-order valence-corrected chi connectivity index (χ1v) is 44.0. The number of phenols is 1. The number of aromatic nitrogens is 3. The number of rotatable bonds is 21. The third kappa shape index (κ3) is 15.5. The van der Waals surface area contributed by atoms with Crippen LogP contribution >= 0.6 is 0 Å². The van der Waals surface area contributed by atoms with Crippen molar-refractivity contribution in [3.05, 3.63) is 150 Å². The average molecular weight is 1690 g/mol. The van der Waals surface area contributed by atoms with Gasteiger partial charge in [0, 0.05) is 70.9 Å². The molecular weight excluding hydrogens is 1570 g/mol. The first-order valence-electron chi connectivity index (χ1n) is 44.0. The van der Waals surface area contributed by atoms with E-state index in [4.69, 9.17) is 0 Å². The fraction of sp³-hybridized carbons (Fsp3) is 0.564. The summed E-state index contributed by atoms with van der Waals surface area (Å²) in [4.78, 5) is 213. The van der Waals surface area contributed by atoms with E-state index in [0.717, 1.165) is 102 Å². The molecule has 6 unspecified atom stereocenters. The Bertz CT molecular complexity index is 4660. The van der Waals surface area contributed by atoms with Gasteiger partial charge in [0.15, 0.2) is 28.9 Å². The van der Waals surface area contributed by atoms with Crippen molar-refractivity contribution in [1.29, 1.82) is 0 Å². The van der Waals surface area contributed by atoms with Gasteiger partial charge >= 0.3 is 30.2 Å². The summed E-state index contributed by atoms with van der Waals surface area (Å²) in [5, 5.41) is 9.55. The van der Waals surface area contributed by atoms with Crippen molar-refractivity contribution in [2.24, 2.45) is 76.9 Å². The highest BCUT2D eigenvalue weighted by atomic mass is 16.3. The van der Waals surface area contributed by atoms with Gasteiger partial charge in [0.25, 0.3) is 29.5 Å². The van der Waals surface area contributed by atoms with Gasteiger partial charge in [-0.2, -0.15) is 0 Å². The zero-order valence-electron chi connectivity index (χ0n) is 72.7. The maximum Gasteiger partial charge on any atom is 0.327 e. The molecule has 29 nitrogen and oxygen atoms in total. The van der Waals surface area contributed by atoms with Crippen LogP contribution in [0.2, 0.25) is 0 Å². The molecule has 16 aliphatic rings. The Balaban J connectivity index is 0.000000125. The summed E-state index contributed by atoms with van der Waals surface area (Å²) in [5.41, 5.74) is -2.29. The molecule has 8 heterocycles.